The first-order valence-corrected chi connectivity index (χ1v) is 4.42. The van der Waals surface area contributed by atoms with Gasteiger partial charge in [0.25, 0.3) is 0 Å². The molecule has 0 saturated carbocycles. The third kappa shape index (κ3) is 1.66. The molecule has 0 aliphatic rings. The number of carboxylic acid groups (broad SMARTS) is 1. The Hall–Kier alpha value is -0.840. The van der Waals surface area contributed by atoms with E-state index in [2.05, 4.69) is 26.1 Å². The summed E-state index contributed by atoms with van der Waals surface area (Å²) in [6.45, 7) is 1.99. The lowest BCUT2D eigenvalue weighted by Gasteiger charge is -1.95. The van der Waals surface area contributed by atoms with Crippen molar-refractivity contribution in [1.29, 1.82) is 0 Å². The average molecular weight is 233 g/mol. The zero-order valence-corrected chi connectivity index (χ0v) is 8.18. The summed E-state index contributed by atoms with van der Waals surface area (Å²) in [6, 6.07) is 0. The molecule has 0 spiro atoms. The Balaban J connectivity index is 3.03. The van der Waals surface area contributed by atoms with Crippen molar-refractivity contribution in [3.8, 4) is 0 Å². The maximum atomic E-state index is 10.6. The largest absolute Gasteiger partial charge is 0.476 e. The Labute approximate surface area is 78.1 Å². The molecule has 12 heavy (non-hydrogen) atoms. The summed E-state index contributed by atoms with van der Waals surface area (Å²) in [5, 5.41) is 15.0. The fraction of sp³-hybridized carbons (Fsp3) is 0.429. The molecular formula is C7H9BrN2O2. The molecule has 0 bridgehead atoms. The van der Waals surface area contributed by atoms with Crippen LogP contribution in [0.1, 0.15) is 29.4 Å². The molecule has 0 unspecified atom stereocenters. The van der Waals surface area contributed by atoms with Crippen molar-refractivity contribution in [2.45, 2.75) is 19.8 Å². The number of H-pyrrole nitrogens is 1. The van der Waals surface area contributed by atoms with Crippen molar-refractivity contribution in [3.63, 3.8) is 0 Å². The van der Waals surface area contributed by atoms with Gasteiger partial charge in [-0.25, -0.2) is 4.79 Å². The number of aromatic carboxylic acids is 1. The van der Waals surface area contributed by atoms with Crippen LogP contribution < -0.4 is 0 Å². The number of carboxylic acids is 1. The van der Waals surface area contributed by atoms with Gasteiger partial charge in [-0.15, -0.1) is 0 Å². The number of carbonyl (C=O) groups is 1. The topological polar surface area (TPSA) is 66.0 Å². The van der Waals surface area contributed by atoms with E-state index in [1.165, 1.54) is 0 Å². The molecule has 5 heteroatoms. The summed E-state index contributed by atoms with van der Waals surface area (Å²) < 4.78 is 0.668. The monoisotopic (exact) mass is 232 g/mol. The van der Waals surface area contributed by atoms with Crippen LogP contribution in [0.25, 0.3) is 0 Å². The van der Waals surface area contributed by atoms with Gasteiger partial charge in [0, 0.05) is 5.56 Å². The highest BCUT2D eigenvalue weighted by atomic mass is 79.9. The number of nitrogens with zero attached hydrogens (tertiary/aromatic N) is 1. The number of hydrogen-bond donors (Lipinski definition) is 2. The zero-order chi connectivity index (χ0) is 9.14. The van der Waals surface area contributed by atoms with Crippen molar-refractivity contribution >= 4 is 21.9 Å². The Morgan fingerprint density at radius 3 is 2.92 bits per heavy atom. The van der Waals surface area contributed by atoms with Crippen LogP contribution in [0.2, 0.25) is 0 Å². The second-order valence-electron chi connectivity index (χ2n) is 2.42. The molecule has 1 rings (SSSR count). The number of rotatable bonds is 3. The van der Waals surface area contributed by atoms with Gasteiger partial charge in [-0.1, -0.05) is 13.3 Å². The molecule has 0 atom stereocenters. The fourth-order valence-electron chi connectivity index (χ4n) is 0.999. The van der Waals surface area contributed by atoms with E-state index in [1.54, 1.807) is 0 Å². The minimum absolute atomic E-state index is 0.115. The quantitative estimate of drug-likeness (QED) is 0.836. The normalized spacial score (nSPS) is 10.2. The summed E-state index contributed by atoms with van der Waals surface area (Å²) in [5.41, 5.74) is 0.855. The predicted octanol–water partition coefficient (Wildman–Crippen LogP) is 1.82. The van der Waals surface area contributed by atoms with Gasteiger partial charge < -0.3 is 5.11 Å². The first-order chi connectivity index (χ1) is 5.66. The summed E-state index contributed by atoms with van der Waals surface area (Å²) in [4.78, 5) is 10.6. The Morgan fingerprint density at radius 1 is 1.75 bits per heavy atom. The Kier molecular flexibility index (Phi) is 2.86. The summed E-state index contributed by atoms with van der Waals surface area (Å²) in [6.07, 6.45) is 1.62. The third-order valence-electron chi connectivity index (χ3n) is 1.52. The molecule has 1 heterocycles. The zero-order valence-electron chi connectivity index (χ0n) is 6.59. The molecule has 0 radical (unpaired) electrons. The second kappa shape index (κ2) is 3.71. The van der Waals surface area contributed by atoms with Crippen molar-refractivity contribution in [2.24, 2.45) is 0 Å². The molecule has 0 fully saturated rings. The SMILES string of the molecule is CCCc1c(C(=O)O)n[nH]c1Br. The van der Waals surface area contributed by atoms with Crippen LogP contribution in [0.4, 0.5) is 0 Å². The molecule has 0 saturated heterocycles. The van der Waals surface area contributed by atoms with Gasteiger partial charge >= 0.3 is 5.97 Å². The maximum Gasteiger partial charge on any atom is 0.356 e. The minimum atomic E-state index is -0.986. The number of aromatic nitrogens is 2. The molecule has 1 aromatic rings. The van der Waals surface area contributed by atoms with E-state index in [0.717, 1.165) is 18.4 Å². The first-order valence-electron chi connectivity index (χ1n) is 3.62. The van der Waals surface area contributed by atoms with Gasteiger partial charge in [-0.2, -0.15) is 5.10 Å². The number of hydrogen-bond acceptors (Lipinski definition) is 2. The highest BCUT2D eigenvalue weighted by Crippen LogP contribution is 2.18. The number of nitrogens with one attached hydrogen (secondary N) is 1. The van der Waals surface area contributed by atoms with E-state index >= 15 is 0 Å². The van der Waals surface area contributed by atoms with Gasteiger partial charge in [-0.3, -0.25) is 5.10 Å². The van der Waals surface area contributed by atoms with E-state index in [0.29, 0.717) is 4.60 Å². The van der Waals surface area contributed by atoms with E-state index in [4.69, 9.17) is 5.11 Å². The van der Waals surface area contributed by atoms with E-state index in [-0.39, 0.29) is 5.69 Å². The summed E-state index contributed by atoms with van der Waals surface area (Å²) in [7, 11) is 0. The van der Waals surface area contributed by atoms with Crippen molar-refractivity contribution in [1.82, 2.24) is 10.2 Å². The highest BCUT2D eigenvalue weighted by Gasteiger charge is 2.15. The lowest BCUT2D eigenvalue weighted by molar-refractivity contribution is 0.0689. The van der Waals surface area contributed by atoms with E-state index in [9.17, 15) is 4.79 Å². The van der Waals surface area contributed by atoms with Gasteiger partial charge in [0.1, 0.15) is 4.60 Å². The van der Waals surface area contributed by atoms with Crippen LogP contribution in [0.3, 0.4) is 0 Å². The Morgan fingerprint density at radius 2 is 2.42 bits per heavy atom. The van der Waals surface area contributed by atoms with Crippen LogP contribution in [-0.2, 0) is 6.42 Å². The lowest BCUT2D eigenvalue weighted by atomic mass is 10.1. The van der Waals surface area contributed by atoms with Crippen LogP contribution in [0.5, 0.6) is 0 Å². The molecular weight excluding hydrogens is 224 g/mol. The molecule has 0 aliphatic heterocycles. The predicted molar refractivity (Wildman–Crippen MR) is 47.2 cm³/mol. The van der Waals surface area contributed by atoms with Crippen LogP contribution >= 0.6 is 15.9 Å². The number of aromatic amines is 1. The fourth-order valence-corrected chi connectivity index (χ4v) is 1.47. The molecule has 0 aliphatic carbocycles. The summed E-state index contributed by atoms with van der Waals surface area (Å²) in [5.74, 6) is -0.986. The second-order valence-corrected chi connectivity index (χ2v) is 3.21. The van der Waals surface area contributed by atoms with Gasteiger partial charge in [0.15, 0.2) is 5.69 Å². The third-order valence-corrected chi connectivity index (χ3v) is 2.18. The molecule has 4 nitrogen and oxygen atoms in total. The average Bonchev–Trinajstić information content (AvgIpc) is 2.34. The van der Waals surface area contributed by atoms with Gasteiger partial charge in [-0.05, 0) is 22.4 Å². The number of halogens is 1. The van der Waals surface area contributed by atoms with Crippen molar-refractivity contribution in [2.75, 3.05) is 0 Å². The van der Waals surface area contributed by atoms with Crippen LogP contribution in [0, 0.1) is 0 Å². The van der Waals surface area contributed by atoms with Gasteiger partial charge in [0.2, 0.25) is 0 Å². The van der Waals surface area contributed by atoms with Crippen LogP contribution in [-0.4, -0.2) is 21.3 Å². The van der Waals surface area contributed by atoms with Crippen molar-refractivity contribution < 1.29 is 9.90 Å². The molecule has 1 aromatic heterocycles. The molecule has 2 N–H and O–H groups in total. The van der Waals surface area contributed by atoms with Gasteiger partial charge in [0.05, 0.1) is 0 Å². The highest BCUT2D eigenvalue weighted by molar-refractivity contribution is 9.10. The van der Waals surface area contributed by atoms with Crippen molar-refractivity contribution in [3.05, 3.63) is 15.9 Å². The van der Waals surface area contributed by atoms with Crippen LogP contribution in [0.15, 0.2) is 4.60 Å². The molecule has 0 aromatic carbocycles. The standard InChI is InChI=1S/C7H9BrN2O2/c1-2-3-4-5(7(11)12)9-10-6(4)8/h2-3H2,1H3,(H,9,10)(H,11,12). The Bertz CT molecular complexity index is 296. The van der Waals surface area contributed by atoms with E-state index < -0.39 is 5.97 Å². The smallest absolute Gasteiger partial charge is 0.356 e. The molecule has 0 amide bonds. The molecule has 66 valence electrons. The minimum Gasteiger partial charge on any atom is -0.476 e. The first kappa shape index (κ1) is 9.25. The summed E-state index contributed by atoms with van der Waals surface area (Å²) >= 11 is 3.21. The van der Waals surface area contributed by atoms with E-state index in [1.807, 2.05) is 6.92 Å². The lowest BCUT2D eigenvalue weighted by Crippen LogP contribution is -2.01. The maximum absolute atomic E-state index is 10.6.